The van der Waals surface area contributed by atoms with Gasteiger partial charge in [-0.25, -0.2) is 0 Å². The van der Waals surface area contributed by atoms with E-state index in [4.69, 9.17) is 0 Å². The first-order chi connectivity index (χ1) is 7.68. The van der Waals surface area contributed by atoms with Crippen LogP contribution < -0.4 is 0 Å². The number of aromatic nitrogens is 2. The molecule has 17 heavy (non-hydrogen) atoms. The van der Waals surface area contributed by atoms with Crippen LogP contribution in [0.25, 0.3) is 10.9 Å². The molecule has 0 saturated carbocycles. The Morgan fingerprint density at radius 1 is 1.00 bits per heavy atom. The lowest BCUT2D eigenvalue weighted by Crippen LogP contribution is -2.21. The number of rotatable bonds is 0. The van der Waals surface area contributed by atoms with Crippen LogP contribution in [0.15, 0.2) is 24.4 Å². The highest BCUT2D eigenvalue weighted by Crippen LogP contribution is 2.26. The van der Waals surface area contributed by atoms with E-state index in [9.17, 15) is 0 Å². The van der Waals surface area contributed by atoms with Gasteiger partial charge in [0.15, 0.2) is 0 Å². The van der Waals surface area contributed by atoms with Crippen molar-refractivity contribution in [2.45, 2.75) is 52.5 Å². The molecule has 2 heteroatoms. The summed E-state index contributed by atoms with van der Waals surface area (Å²) in [5.41, 5.74) is 2.65. The van der Waals surface area contributed by atoms with Gasteiger partial charge in [0.25, 0.3) is 0 Å². The molecule has 92 valence electrons. The quantitative estimate of drug-likeness (QED) is 0.666. The van der Waals surface area contributed by atoms with Crippen LogP contribution in [0.2, 0.25) is 0 Å². The van der Waals surface area contributed by atoms with Crippen LogP contribution in [0.3, 0.4) is 0 Å². The van der Waals surface area contributed by atoms with Crippen molar-refractivity contribution in [2.75, 3.05) is 0 Å². The van der Waals surface area contributed by atoms with Crippen LogP contribution in [0.4, 0.5) is 0 Å². The molecule has 0 aliphatic heterocycles. The predicted octanol–water partition coefficient (Wildman–Crippen LogP) is 4.09. The molecular formula is C15H22N2. The van der Waals surface area contributed by atoms with Crippen molar-refractivity contribution in [1.29, 1.82) is 0 Å². The van der Waals surface area contributed by atoms with E-state index in [1.165, 1.54) is 10.9 Å². The monoisotopic (exact) mass is 230 g/mol. The first-order valence-corrected chi connectivity index (χ1v) is 6.18. The lowest BCUT2D eigenvalue weighted by Gasteiger charge is -2.19. The average molecular weight is 230 g/mol. The lowest BCUT2D eigenvalue weighted by molar-refractivity contribution is 0.358. The summed E-state index contributed by atoms with van der Waals surface area (Å²) >= 11 is 0. The molecule has 0 amide bonds. The Hall–Kier alpha value is -1.31. The molecule has 0 saturated heterocycles. The van der Waals surface area contributed by atoms with Gasteiger partial charge in [-0.3, -0.25) is 4.68 Å². The topological polar surface area (TPSA) is 17.8 Å². The van der Waals surface area contributed by atoms with Crippen molar-refractivity contribution in [3.05, 3.63) is 30.0 Å². The zero-order valence-electron chi connectivity index (χ0n) is 11.7. The van der Waals surface area contributed by atoms with Gasteiger partial charge in [0.1, 0.15) is 0 Å². The summed E-state index contributed by atoms with van der Waals surface area (Å²) in [5.74, 6) is 0. The summed E-state index contributed by atoms with van der Waals surface area (Å²) in [6, 6.07) is 6.58. The number of benzene rings is 1. The van der Waals surface area contributed by atoms with Crippen LogP contribution in [-0.2, 0) is 11.0 Å². The zero-order chi connectivity index (χ0) is 12.8. The Morgan fingerprint density at radius 2 is 1.65 bits per heavy atom. The smallest absolute Gasteiger partial charge is 0.0926 e. The van der Waals surface area contributed by atoms with E-state index in [0.29, 0.717) is 0 Å². The van der Waals surface area contributed by atoms with Gasteiger partial charge in [0.2, 0.25) is 0 Å². The minimum Gasteiger partial charge on any atom is -0.266 e. The molecule has 0 N–H and O–H groups in total. The first kappa shape index (κ1) is 12.2. The maximum absolute atomic E-state index is 4.67. The second kappa shape index (κ2) is 3.59. The number of hydrogen-bond acceptors (Lipinski definition) is 1. The molecule has 0 unspecified atom stereocenters. The van der Waals surface area contributed by atoms with Crippen molar-refractivity contribution in [2.24, 2.45) is 0 Å². The fourth-order valence-corrected chi connectivity index (χ4v) is 1.83. The molecule has 0 aliphatic carbocycles. The summed E-state index contributed by atoms with van der Waals surface area (Å²) in [4.78, 5) is 0. The molecule has 2 aromatic rings. The molecular weight excluding hydrogens is 208 g/mol. The van der Waals surface area contributed by atoms with E-state index in [1.807, 2.05) is 4.68 Å². The number of fused-ring (bicyclic) bond motifs is 1. The van der Waals surface area contributed by atoms with E-state index in [2.05, 4.69) is 71.0 Å². The first-order valence-electron chi connectivity index (χ1n) is 6.18. The molecule has 2 rings (SSSR count). The molecule has 1 heterocycles. The second-order valence-corrected chi connectivity index (χ2v) is 6.77. The molecule has 1 aromatic carbocycles. The average Bonchev–Trinajstić information content (AvgIpc) is 2.57. The number of nitrogens with zero attached hydrogens (tertiary/aromatic N) is 2. The Bertz CT molecular complexity index is 524. The van der Waals surface area contributed by atoms with E-state index in [1.54, 1.807) is 0 Å². The van der Waals surface area contributed by atoms with Crippen LogP contribution in [-0.4, -0.2) is 9.78 Å². The standard InChI is InChI=1S/C15H22N2/c1-14(2,3)12-8-7-11-10-17(15(4,5)6)16-13(11)9-12/h7-10H,1-6H3. The van der Waals surface area contributed by atoms with Crippen molar-refractivity contribution < 1.29 is 0 Å². The Kier molecular flexibility index (Phi) is 2.57. The van der Waals surface area contributed by atoms with Gasteiger partial charge in [0, 0.05) is 11.6 Å². The normalized spacial score (nSPS) is 13.3. The van der Waals surface area contributed by atoms with E-state index < -0.39 is 0 Å². The van der Waals surface area contributed by atoms with Gasteiger partial charge in [-0.15, -0.1) is 0 Å². The molecule has 0 spiro atoms. The van der Waals surface area contributed by atoms with E-state index >= 15 is 0 Å². The summed E-state index contributed by atoms with van der Waals surface area (Å²) < 4.78 is 2.05. The fraction of sp³-hybridized carbons (Fsp3) is 0.533. The van der Waals surface area contributed by atoms with Crippen LogP contribution in [0.1, 0.15) is 47.1 Å². The van der Waals surface area contributed by atoms with Crippen molar-refractivity contribution >= 4 is 10.9 Å². The van der Waals surface area contributed by atoms with Gasteiger partial charge in [-0.05, 0) is 37.8 Å². The summed E-state index contributed by atoms with van der Waals surface area (Å²) in [5, 5.41) is 5.89. The van der Waals surface area contributed by atoms with Gasteiger partial charge >= 0.3 is 0 Å². The largest absolute Gasteiger partial charge is 0.266 e. The van der Waals surface area contributed by atoms with Crippen molar-refractivity contribution in [3.8, 4) is 0 Å². The van der Waals surface area contributed by atoms with Crippen LogP contribution in [0.5, 0.6) is 0 Å². The Labute approximate surface area is 104 Å². The van der Waals surface area contributed by atoms with Gasteiger partial charge in [-0.1, -0.05) is 32.9 Å². The van der Waals surface area contributed by atoms with E-state index in [0.717, 1.165) is 5.52 Å². The third-order valence-corrected chi connectivity index (χ3v) is 3.06. The molecule has 1 aromatic heterocycles. The van der Waals surface area contributed by atoms with E-state index in [-0.39, 0.29) is 11.0 Å². The third kappa shape index (κ3) is 2.36. The van der Waals surface area contributed by atoms with Crippen LogP contribution in [0, 0.1) is 0 Å². The predicted molar refractivity (Wildman–Crippen MR) is 73.4 cm³/mol. The van der Waals surface area contributed by atoms with Gasteiger partial charge in [-0.2, -0.15) is 5.10 Å². The third-order valence-electron chi connectivity index (χ3n) is 3.06. The van der Waals surface area contributed by atoms with Crippen LogP contribution >= 0.6 is 0 Å². The highest BCUT2D eigenvalue weighted by atomic mass is 15.3. The Morgan fingerprint density at radius 3 is 2.18 bits per heavy atom. The highest BCUT2D eigenvalue weighted by Gasteiger charge is 2.17. The molecule has 0 aliphatic rings. The molecule has 0 radical (unpaired) electrons. The maximum atomic E-state index is 4.67. The lowest BCUT2D eigenvalue weighted by atomic mass is 9.87. The number of hydrogen-bond donors (Lipinski definition) is 0. The maximum Gasteiger partial charge on any atom is 0.0926 e. The fourth-order valence-electron chi connectivity index (χ4n) is 1.83. The highest BCUT2D eigenvalue weighted by molar-refractivity contribution is 5.79. The van der Waals surface area contributed by atoms with Crippen molar-refractivity contribution in [3.63, 3.8) is 0 Å². The zero-order valence-corrected chi connectivity index (χ0v) is 11.7. The van der Waals surface area contributed by atoms with Crippen molar-refractivity contribution in [1.82, 2.24) is 9.78 Å². The molecule has 2 nitrogen and oxygen atoms in total. The van der Waals surface area contributed by atoms with Gasteiger partial charge < -0.3 is 0 Å². The second-order valence-electron chi connectivity index (χ2n) is 6.77. The SMILES string of the molecule is CC(C)(C)c1ccc2cn(C(C)(C)C)nc2c1. The summed E-state index contributed by atoms with van der Waals surface area (Å²) in [6.07, 6.45) is 2.13. The molecule has 0 atom stereocenters. The molecule has 0 bridgehead atoms. The van der Waals surface area contributed by atoms with Gasteiger partial charge in [0.05, 0.1) is 11.1 Å². The minimum atomic E-state index is 0.0426. The minimum absolute atomic E-state index is 0.0426. The summed E-state index contributed by atoms with van der Waals surface area (Å²) in [6.45, 7) is 13.2. The molecule has 0 fully saturated rings. The Balaban J connectivity index is 2.56. The summed E-state index contributed by atoms with van der Waals surface area (Å²) in [7, 11) is 0.